The molecule has 0 unspecified atom stereocenters. The maximum atomic E-state index is 12.4. The second kappa shape index (κ2) is 7.19. The zero-order valence-corrected chi connectivity index (χ0v) is 14.3. The van der Waals surface area contributed by atoms with Crippen molar-refractivity contribution in [2.45, 2.75) is 6.92 Å². The Morgan fingerprint density at radius 3 is 2.46 bits per heavy atom. The molecular weight excluding hydrogens is 358 g/mol. The molecular formula is C17H13N3O5S. The molecule has 0 aliphatic carbocycles. The van der Waals surface area contributed by atoms with Crippen LogP contribution < -0.4 is 10.6 Å². The molecule has 0 aliphatic rings. The molecule has 0 atom stereocenters. The van der Waals surface area contributed by atoms with Gasteiger partial charge in [-0.15, -0.1) is 11.3 Å². The van der Waals surface area contributed by atoms with Gasteiger partial charge in [0.25, 0.3) is 17.5 Å². The Morgan fingerprint density at radius 2 is 1.85 bits per heavy atom. The molecule has 26 heavy (non-hydrogen) atoms. The average Bonchev–Trinajstić information content (AvgIpc) is 3.25. The lowest BCUT2D eigenvalue weighted by atomic mass is 10.2. The molecule has 2 heterocycles. The number of anilines is 2. The fraction of sp³-hybridized carbons (Fsp3) is 0.0588. The van der Waals surface area contributed by atoms with Crippen molar-refractivity contribution in [2.75, 3.05) is 10.6 Å². The summed E-state index contributed by atoms with van der Waals surface area (Å²) in [5, 5.41) is 16.5. The second-order valence-corrected chi connectivity index (χ2v) is 6.36. The van der Waals surface area contributed by atoms with Gasteiger partial charge in [0, 0.05) is 17.8 Å². The Balaban J connectivity index is 1.70. The number of nitrogens with zero attached hydrogens (tertiary/aromatic N) is 1. The molecule has 2 aromatic heterocycles. The van der Waals surface area contributed by atoms with E-state index in [2.05, 4.69) is 10.6 Å². The molecule has 8 nitrogen and oxygen atoms in total. The highest BCUT2D eigenvalue weighted by Gasteiger charge is 2.17. The van der Waals surface area contributed by atoms with Gasteiger partial charge in [0.15, 0.2) is 5.76 Å². The van der Waals surface area contributed by atoms with Crippen LogP contribution in [0.3, 0.4) is 0 Å². The van der Waals surface area contributed by atoms with Crippen LogP contribution in [0, 0.1) is 17.0 Å². The van der Waals surface area contributed by atoms with E-state index in [1.807, 2.05) is 0 Å². The maximum absolute atomic E-state index is 12.4. The van der Waals surface area contributed by atoms with Crippen molar-refractivity contribution < 1.29 is 18.9 Å². The number of benzene rings is 1. The number of thiophene rings is 1. The van der Waals surface area contributed by atoms with Crippen molar-refractivity contribution >= 4 is 39.5 Å². The van der Waals surface area contributed by atoms with Gasteiger partial charge in [-0.05, 0) is 42.8 Å². The van der Waals surface area contributed by atoms with Crippen molar-refractivity contribution in [1.29, 1.82) is 0 Å². The predicted octanol–water partition coefficient (Wildman–Crippen LogP) is 4.06. The van der Waals surface area contributed by atoms with Crippen LogP contribution in [0.25, 0.3) is 0 Å². The molecule has 0 saturated carbocycles. The SMILES string of the molecule is Cc1cc(NC(=O)c2ccco2)sc1C(=O)Nc1ccc([N+](=O)[O-])cc1. The zero-order chi connectivity index (χ0) is 18.7. The molecule has 0 fully saturated rings. The first kappa shape index (κ1) is 17.4. The molecule has 0 radical (unpaired) electrons. The van der Waals surface area contributed by atoms with Crippen LogP contribution in [0.5, 0.6) is 0 Å². The highest BCUT2D eigenvalue weighted by Crippen LogP contribution is 2.28. The Bertz CT molecular complexity index is 961. The van der Waals surface area contributed by atoms with Gasteiger partial charge in [-0.1, -0.05) is 0 Å². The maximum Gasteiger partial charge on any atom is 0.291 e. The number of hydrogen-bond acceptors (Lipinski definition) is 6. The van der Waals surface area contributed by atoms with Crippen molar-refractivity contribution in [3.63, 3.8) is 0 Å². The van der Waals surface area contributed by atoms with Crippen LogP contribution in [-0.2, 0) is 0 Å². The third-order valence-corrected chi connectivity index (χ3v) is 4.59. The van der Waals surface area contributed by atoms with E-state index in [-0.39, 0.29) is 17.4 Å². The molecule has 0 aliphatic heterocycles. The highest BCUT2D eigenvalue weighted by atomic mass is 32.1. The number of hydrogen-bond donors (Lipinski definition) is 2. The molecule has 0 bridgehead atoms. The predicted molar refractivity (Wildman–Crippen MR) is 96.8 cm³/mol. The zero-order valence-electron chi connectivity index (χ0n) is 13.5. The van der Waals surface area contributed by atoms with Crippen LogP contribution in [0.15, 0.2) is 53.1 Å². The minimum absolute atomic E-state index is 0.0572. The van der Waals surface area contributed by atoms with E-state index in [1.54, 1.807) is 19.1 Å². The number of rotatable bonds is 5. The molecule has 2 N–H and O–H groups in total. The molecule has 1 aromatic carbocycles. The van der Waals surface area contributed by atoms with Crippen LogP contribution in [-0.4, -0.2) is 16.7 Å². The van der Waals surface area contributed by atoms with E-state index in [4.69, 9.17) is 4.42 Å². The topological polar surface area (TPSA) is 114 Å². The van der Waals surface area contributed by atoms with Crippen LogP contribution in [0.4, 0.5) is 16.4 Å². The summed E-state index contributed by atoms with van der Waals surface area (Å²) >= 11 is 1.13. The first-order valence-electron chi connectivity index (χ1n) is 7.45. The molecule has 3 rings (SSSR count). The van der Waals surface area contributed by atoms with E-state index in [1.165, 1.54) is 36.6 Å². The number of aryl methyl sites for hydroxylation is 1. The third kappa shape index (κ3) is 3.78. The smallest absolute Gasteiger partial charge is 0.291 e. The summed E-state index contributed by atoms with van der Waals surface area (Å²) in [6.07, 6.45) is 1.40. The Morgan fingerprint density at radius 1 is 1.12 bits per heavy atom. The summed E-state index contributed by atoms with van der Waals surface area (Å²) in [6, 6.07) is 10.4. The first-order chi connectivity index (χ1) is 12.4. The quantitative estimate of drug-likeness (QED) is 0.518. The summed E-state index contributed by atoms with van der Waals surface area (Å²) in [5.41, 5.74) is 1.08. The number of non-ortho nitro benzene ring substituents is 1. The Labute approximate surface area is 151 Å². The number of amides is 2. The first-order valence-corrected chi connectivity index (χ1v) is 8.27. The van der Waals surface area contributed by atoms with Gasteiger partial charge < -0.3 is 15.1 Å². The normalized spacial score (nSPS) is 10.3. The van der Waals surface area contributed by atoms with Gasteiger partial charge in [0.05, 0.1) is 21.1 Å². The summed E-state index contributed by atoms with van der Waals surface area (Å²) in [4.78, 5) is 35.0. The number of nitro benzene ring substituents is 1. The van der Waals surface area contributed by atoms with E-state index in [9.17, 15) is 19.7 Å². The summed E-state index contributed by atoms with van der Waals surface area (Å²) in [5.74, 6) is -0.591. The lowest BCUT2D eigenvalue weighted by molar-refractivity contribution is -0.384. The fourth-order valence-electron chi connectivity index (χ4n) is 2.20. The van der Waals surface area contributed by atoms with Gasteiger partial charge >= 0.3 is 0 Å². The average molecular weight is 371 g/mol. The third-order valence-electron chi connectivity index (χ3n) is 3.44. The number of carbonyl (C=O) groups excluding carboxylic acids is 2. The molecule has 3 aromatic rings. The lowest BCUT2D eigenvalue weighted by Crippen LogP contribution is -2.11. The number of nitro groups is 1. The summed E-state index contributed by atoms with van der Waals surface area (Å²) in [6.45, 7) is 1.75. The molecule has 9 heteroatoms. The number of carbonyl (C=O) groups is 2. The molecule has 132 valence electrons. The van der Waals surface area contributed by atoms with Gasteiger partial charge in [-0.25, -0.2) is 0 Å². The van der Waals surface area contributed by atoms with Crippen molar-refractivity contribution in [3.05, 3.63) is 75.0 Å². The van der Waals surface area contributed by atoms with Crippen LogP contribution in [0.1, 0.15) is 25.8 Å². The van der Waals surface area contributed by atoms with Crippen molar-refractivity contribution in [1.82, 2.24) is 0 Å². The van der Waals surface area contributed by atoms with Crippen LogP contribution in [0.2, 0.25) is 0 Å². The monoisotopic (exact) mass is 371 g/mol. The highest BCUT2D eigenvalue weighted by molar-refractivity contribution is 7.18. The van der Waals surface area contributed by atoms with E-state index in [0.29, 0.717) is 21.1 Å². The van der Waals surface area contributed by atoms with Crippen molar-refractivity contribution in [2.24, 2.45) is 0 Å². The Hall–Kier alpha value is -3.46. The number of furan rings is 1. The Kier molecular flexibility index (Phi) is 4.81. The van der Waals surface area contributed by atoms with E-state index >= 15 is 0 Å². The van der Waals surface area contributed by atoms with E-state index < -0.39 is 10.8 Å². The van der Waals surface area contributed by atoms with Gasteiger partial charge in [0.2, 0.25) is 0 Å². The lowest BCUT2D eigenvalue weighted by Gasteiger charge is -2.04. The summed E-state index contributed by atoms with van der Waals surface area (Å²) in [7, 11) is 0. The standard InChI is InChI=1S/C17H13N3O5S/c1-10-9-14(19-16(21)13-3-2-8-25-13)26-15(10)17(22)18-11-4-6-12(7-5-11)20(23)24/h2-9H,1H3,(H,18,22)(H,19,21). The second-order valence-electron chi connectivity index (χ2n) is 5.31. The number of nitrogens with one attached hydrogen (secondary N) is 2. The minimum atomic E-state index is -0.511. The molecule has 0 spiro atoms. The van der Waals surface area contributed by atoms with Crippen LogP contribution >= 0.6 is 11.3 Å². The van der Waals surface area contributed by atoms with Gasteiger partial charge in [-0.3, -0.25) is 19.7 Å². The largest absolute Gasteiger partial charge is 0.459 e. The van der Waals surface area contributed by atoms with Crippen molar-refractivity contribution in [3.8, 4) is 0 Å². The van der Waals surface area contributed by atoms with E-state index in [0.717, 1.165) is 11.3 Å². The van der Waals surface area contributed by atoms with Gasteiger partial charge in [-0.2, -0.15) is 0 Å². The van der Waals surface area contributed by atoms with Gasteiger partial charge in [0.1, 0.15) is 0 Å². The summed E-state index contributed by atoms with van der Waals surface area (Å²) < 4.78 is 5.02. The fourth-order valence-corrected chi connectivity index (χ4v) is 3.17. The minimum Gasteiger partial charge on any atom is -0.459 e. The molecule has 0 saturated heterocycles. The molecule has 2 amide bonds.